The number of aliphatic hydroxyl groups is 1. The number of nitrogens with one attached hydrogen (secondary N) is 1. The Bertz CT molecular complexity index is 1570. The third-order valence-corrected chi connectivity index (χ3v) is 7.27. The normalized spacial score (nSPS) is 16.7. The lowest BCUT2D eigenvalue weighted by Crippen LogP contribution is -2.30. The number of H-pyrrole nitrogens is 1. The number of ether oxygens (including phenoxy) is 1. The van der Waals surface area contributed by atoms with E-state index in [-0.39, 0.29) is 17.3 Å². The van der Waals surface area contributed by atoms with Crippen LogP contribution in [0.3, 0.4) is 0 Å². The number of hydrogen-bond donors (Lipinski definition) is 2. The number of carbonyl (C=O) groups excluding carboxylic acids is 2. The zero-order valence-corrected chi connectivity index (χ0v) is 22.8. The molecule has 5 rings (SSSR count). The van der Waals surface area contributed by atoms with Crippen molar-refractivity contribution < 1.29 is 19.4 Å². The van der Waals surface area contributed by atoms with Gasteiger partial charge in [-0.05, 0) is 74.7 Å². The molecular weight excluding hydrogens is 492 g/mol. The van der Waals surface area contributed by atoms with Crippen LogP contribution in [0.2, 0.25) is 0 Å². The minimum atomic E-state index is -0.901. The molecule has 8 nitrogen and oxygen atoms in total. The molecule has 1 atom stereocenters. The molecule has 0 aliphatic carbocycles. The van der Waals surface area contributed by atoms with Crippen LogP contribution in [-0.4, -0.2) is 47.0 Å². The molecule has 1 unspecified atom stereocenters. The molecule has 0 spiro atoms. The van der Waals surface area contributed by atoms with Gasteiger partial charge in [0, 0.05) is 18.8 Å². The molecule has 200 valence electrons. The van der Waals surface area contributed by atoms with Crippen molar-refractivity contribution in [1.82, 2.24) is 9.97 Å². The first kappa shape index (κ1) is 26.0. The molecule has 1 amide bonds. The number of fused-ring (bicyclic) bond motifs is 1. The van der Waals surface area contributed by atoms with Crippen LogP contribution in [0.15, 0.2) is 66.2 Å². The van der Waals surface area contributed by atoms with Crippen molar-refractivity contribution in [2.45, 2.75) is 33.7 Å². The number of methoxy groups -OCH3 is 1. The van der Waals surface area contributed by atoms with Crippen LogP contribution in [0.5, 0.6) is 5.75 Å². The molecule has 2 N–H and O–H groups in total. The number of anilines is 2. The van der Waals surface area contributed by atoms with Crippen molar-refractivity contribution in [2.24, 2.45) is 0 Å². The zero-order valence-electron chi connectivity index (χ0n) is 22.8. The second-order valence-corrected chi connectivity index (χ2v) is 9.67. The Balaban J connectivity index is 1.74. The van der Waals surface area contributed by atoms with Gasteiger partial charge in [0.05, 0.1) is 35.3 Å². The molecule has 0 radical (unpaired) electrons. The molecule has 1 aliphatic heterocycles. The number of amides is 1. The highest BCUT2D eigenvalue weighted by molar-refractivity contribution is 6.51. The fraction of sp³-hybridized carbons (Fsp3) is 0.258. The second-order valence-electron chi connectivity index (χ2n) is 9.67. The summed E-state index contributed by atoms with van der Waals surface area (Å²) in [5.41, 5.74) is 5.16. The van der Waals surface area contributed by atoms with Crippen molar-refractivity contribution in [2.75, 3.05) is 30.0 Å². The first-order valence-electron chi connectivity index (χ1n) is 13.0. The van der Waals surface area contributed by atoms with Gasteiger partial charge in [-0.3, -0.25) is 14.5 Å². The third-order valence-electron chi connectivity index (χ3n) is 7.27. The number of ketones is 1. The number of imidazole rings is 1. The average Bonchev–Trinajstić information content (AvgIpc) is 3.47. The predicted octanol–water partition coefficient (Wildman–Crippen LogP) is 5.66. The van der Waals surface area contributed by atoms with Gasteiger partial charge >= 0.3 is 5.91 Å². The number of aromatic nitrogens is 2. The molecule has 39 heavy (non-hydrogen) atoms. The van der Waals surface area contributed by atoms with Gasteiger partial charge < -0.3 is 19.7 Å². The van der Waals surface area contributed by atoms with Gasteiger partial charge in [-0.25, -0.2) is 4.98 Å². The van der Waals surface area contributed by atoms with E-state index in [1.165, 1.54) is 12.0 Å². The number of carbonyl (C=O) groups is 2. The van der Waals surface area contributed by atoms with Crippen molar-refractivity contribution in [3.63, 3.8) is 0 Å². The van der Waals surface area contributed by atoms with Gasteiger partial charge in [-0.1, -0.05) is 30.3 Å². The van der Waals surface area contributed by atoms with Crippen molar-refractivity contribution >= 4 is 40.1 Å². The van der Waals surface area contributed by atoms with E-state index in [1.807, 2.05) is 68.4 Å². The summed E-state index contributed by atoms with van der Waals surface area (Å²) < 4.78 is 5.60. The van der Waals surface area contributed by atoms with Gasteiger partial charge in [0.25, 0.3) is 5.78 Å². The number of aryl methyl sites for hydroxylation is 2. The average molecular weight is 525 g/mol. The Hall–Kier alpha value is -4.59. The summed E-state index contributed by atoms with van der Waals surface area (Å²) in [5.74, 6) is -1.15. The molecule has 2 heterocycles. The number of Topliss-reactive ketones (excluding diaryl/α,β-unsaturated/α-hetero) is 1. The first-order valence-corrected chi connectivity index (χ1v) is 13.0. The van der Waals surface area contributed by atoms with Crippen molar-refractivity contribution in [1.29, 1.82) is 0 Å². The molecule has 4 aromatic rings. The monoisotopic (exact) mass is 524 g/mol. The third kappa shape index (κ3) is 4.41. The highest BCUT2D eigenvalue weighted by atomic mass is 16.5. The van der Waals surface area contributed by atoms with Crippen LogP contribution >= 0.6 is 0 Å². The summed E-state index contributed by atoms with van der Waals surface area (Å²) in [4.78, 5) is 38.6. The molecule has 0 saturated carbocycles. The fourth-order valence-corrected chi connectivity index (χ4v) is 5.42. The Morgan fingerprint density at radius 3 is 2.38 bits per heavy atom. The molecule has 8 heteroatoms. The van der Waals surface area contributed by atoms with Crippen LogP contribution in [0.4, 0.5) is 11.6 Å². The van der Waals surface area contributed by atoms with Gasteiger partial charge in [0.15, 0.2) is 0 Å². The maximum atomic E-state index is 13.6. The molecule has 0 bridgehead atoms. The molecule has 1 fully saturated rings. The van der Waals surface area contributed by atoms with E-state index < -0.39 is 17.7 Å². The largest absolute Gasteiger partial charge is 0.507 e. The highest BCUT2D eigenvalue weighted by Gasteiger charge is 2.48. The van der Waals surface area contributed by atoms with Crippen LogP contribution in [-0.2, 0) is 9.59 Å². The van der Waals surface area contributed by atoms with Crippen LogP contribution in [0.1, 0.15) is 42.1 Å². The smallest absolute Gasteiger partial charge is 0.302 e. The minimum absolute atomic E-state index is 0.0145. The summed E-state index contributed by atoms with van der Waals surface area (Å²) in [6.07, 6.45) is 0. The first-order chi connectivity index (χ1) is 18.8. The topological polar surface area (TPSA) is 98.8 Å². The number of nitrogens with zero attached hydrogens (tertiary/aromatic N) is 3. The summed E-state index contributed by atoms with van der Waals surface area (Å²) in [6.45, 7) is 9.65. The van der Waals surface area contributed by atoms with Gasteiger partial charge in [0.2, 0.25) is 5.95 Å². The fourth-order valence-electron chi connectivity index (χ4n) is 5.42. The number of hydrogen-bond acceptors (Lipinski definition) is 6. The molecule has 1 aliphatic rings. The van der Waals surface area contributed by atoms with Gasteiger partial charge in [0.1, 0.15) is 11.5 Å². The maximum absolute atomic E-state index is 13.6. The van der Waals surface area contributed by atoms with E-state index in [0.29, 0.717) is 22.4 Å². The summed E-state index contributed by atoms with van der Waals surface area (Å²) in [7, 11) is 1.52. The number of aliphatic hydroxyl groups excluding tert-OH is 1. The van der Waals surface area contributed by atoms with E-state index in [1.54, 1.807) is 6.07 Å². The Morgan fingerprint density at radius 1 is 1.05 bits per heavy atom. The predicted molar refractivity (Wildman–Crippen MR) is 153 cm³/mol. The molecular formula is C31H32N4O4. The number of aromatic amines is 1. The second kappa shape index (κ2) is 10.3. The van der Waals surface area contributed by atoms with E-state index in [9.17, 15) is 14.7 Å². The quantitative estimate of drug-likeness (QED) is 0.184. The Kier molecular flexibility index (Phi) is 6.87. The van der Waals surface area contributed by atoms with E-state index >= 15 is 0 Å². The highest BCUT2D eigenvalue weighted by Crippen LogP contribution is 2.43. The molecule has 1 saturated heterocycles. The molecule has 3 aromatic carbocycles. The Labute approximate surface area is 227 Å². The van der Waals surface area contributed by atoms with Gasteiger partial charge in [-0.15, -0.1) is 0 Å². The number of para-hydroxylation sites is 2. The van der Waals surface area contributed by atoms with Crippen LogP contribution in [0, 0.1) is 13.8 Å². The summed E-state index contributed by atoms with van der Waals surface area (Å²) in [5, 5.41) is 11.7. The lowest BCUT2D eigenvalue weighted by Gasteiger charge is -2.25. The van der Waals surface area contributed by atoms with Crippen molar-refractivity contribution in [3.8, 4) is 5.75 Å². The van der Waals surface area contributed by atoms with E-state index in [4.69, 9.17) is 4.74 Å². The lowest BCUT2D eigenvalue weighted by molar-refractivity contribution is -0.132. The lowest BCUT2D eigenvalue weighted by atomic mass is 9.93. The van der Waals surface area contributed by atoms with E-state index in [0.717, 1.165) is 35.4 Å². The van der Waals surface area contributed by atoms with Crippen LogP contribution < -0.4 is 14.5 Å². The number of rotatable bonds is 7. The Morgan fingerprint density at radius 2 is 1.74 bits per heavy atom. The zero-order chi connectivity index (χ0) is 27.8. The van der Waals surface area contributed by atoms with Crippen LogP contribution in [0.25, 0.3) is 16.8 Å². The minimum Gasteiger partial charge on any atom is -0.507 e. The van der Waals surface area contributed by atoms with Gasteiger partial charge in [-0.2, -0.15) is 0 Å². The number of benzene rings is 3. The standard InChI is InChI=1S/C31H32N4O4/c1-6-34(7-2)21-14-12-20(13-15-21)26-25(27(36)22-17-18(3)16-19(4)29(22)39-5)28(37)30(38)35(26)31-32-23-10-8-9-11-24(23)33-31/h8-17,26,36H,6-7H2,1-5H3,(H,32,33)/b27-25+. The SMILES string of the molecule is CCN(CC)c1ccc(C2/C(=C(\O)c3cc(C)cc(C)c3OC)C(=O)C(=O)N2c2nc3ccccc3[nH]2)cc1. The maximum Gasteiger partial charge on any atom is 0.302 e. The summed E-state index contributed by atoms with van der Waals surface area (Å²) >= 11 is 0. The molecule has 1 aromatic heterocycles. The summed E-state index contributed by atoms with van der Waals surface area (Å²) in [6, 6.07) is 17.9. The van der Waals surface area contributed by atoms with Crippen molar-refractivity contribution in [3.05, 3.63) is 88.5 Å². The van der Waals surface area contributed by atoms with E-state index in [2.05, 4.69) is 28.7 Å².